The minimum Gasteiger partial charge on any atom is -0.467 e. The van der Waals surface area contributed by atoms with Gasteiger partial charge >= 0.3 is 6.01 Å². The Hall–Kier alpha value is -1.43. The van der Waals surface area contributed by atoms with Crippen LogP contribution in [0.25, 0.3) is 0 Å². The maximum absolute atomic E-state index is 5.92. The Labute approximate surface area is 124 Å². The minimum absolute atomic E-state index is 0.110. The maximum atomic E-state index is 5.92. The quantitative estimate of drug-likeness (QED) is 0.871. The minimum atomic E-state index is 0.110. The molecule has 0 saturated heterocycles. The summed E-state index contributed by atoms with van der Waals surface area (Å²) in [6.07, 6.45) is 1.36. The van der Waals surface area contributed by atoms with E-state index in [2.05, 4.69) is 9.97 Å². The van der Waals surface area contributed by atoms with Crippen molar-refractivity contribution < 1.29 is 9.47 Å². The van der Waals surface area contributed by atoms with Crippen LogP contribution in [0, 0.1) is 0 Å². The Morgan fingerprint density at radius 3 is 2.47 bits per heavy atom. The molecule has 2 N–H and O–H groups in total. The number of aromatic nitrogens is 2. The van der Waals surface area contributed by atoms with Gasteiger partial charge in [-0.3, -0.25) is 0 Å². The Bertz CT molecular complexity index is 622. The number of hydrogen-bond donors (Lipinski definition) is 1. The zero-order valence-corrected chi connectivity index (χ0v) is 11.9. The molecule has 1 aromatic carbocycles. The van der Waals surface area contributed by atoms with Gasteiger partial charge < -0.3 is 15.2 Å². The molecule has 0 aliphatic carbocycles. The summed E-state index contributed by atoms with van der Waals surface area (Å²) in [7, 11) is 1.43. The van der Waals surface area contributed by atoms with Crippen LogP contribution >= 0.6 is 34.8 Å². The number of halogens is 3. The molecule has 0 unspecified atom stereocenters. The maximum Gasteiger partial charge on any atom is 0.319 e. The average molecular weight is 321 g/mol. The number of anilines is 1. The first-order valence-electron chi connectivity index (χ1n) is 5.00. The van der Waals surface area contributed by atoms with Gasteiger partial charge in [-0.25, -0.2) is 4.98 Å². The lowest BCUT2D eigenvalue weighted by Gasteiger charge is -2.10. The molecule has 0 amide bonds. The van der Waals surface area contributed by atoms with Crippen LogP contribution in [0.1, 0.15) is 0 Å². The van der Waals surface area contributed by atoms with Gasteiger partial charge in [0.2, 0.25) is 5.88 Å². The van der Waals surface area contributed by atoms with E-state index < -0.39 is 0 Å². The van der Waals surface area contributed by atoms with Crippen LogP contribution in [0.15, 0.2) is 18.3 Å². The summed E-state index contributed by atoms with van der Waals surface area (Å²) in [5.74, 6) is 0.399. The number of ether oxygens (including phenoxy) is 2. The molecule has 100 valence electrons. The molecule has 0 radical (unpaired) electrons. The zero-order chi connectivity index (χ0) is 14.0. The van der Waals surface area contributed by atoms with E-state index >= 15 is 0 Å². The van der Waals surface area contributed by atoms with Gasteiger partial charge in [-0.1, -0.05) is 34.8 Å². The number of nitrogen functional groups attached to an aromatic ring is 1. The van der Waals surface area contributed by atoms with Gasteiger partial charge in [-0.2, -0.15) is 4.98 Å². The number of nitrogens with zero attached hydrogens (tertiary/aromatic N) is 2. The van der Waals surface area contributed by atoms with E-state index in [1.54, 1.807) is 0 Å². The Balaban J connectivity index is 2.38. The summed E-state index contributed by atoms with van der Waals surface area (Å²) in [5.41, 5.74) is 6.08. The van der Waals surface area contributed by atoms with E-state index in [9.17, 15) is 0 Å². The van der Waals surface area contributed by atoms with Crippen LogP contribution < -0.4 is 15.2 Å². The second-order valence-electron chi connectivity index (χ2n) is 3.42. The topological polar surface area (TPSA) is 70.3 Å². The fourth-order valence-corrected chi connectivity index (χ4v) is 1.70. The van der Waals surface area contributed by atoms with Crippen molar-refractivity contribution >= 4 is 40.5 Å². The molecule has 0 fully saturated rings. The summed E-state index contributed by atoms with van der Waals surface area (Å²) in [6.45, 7) is 0. The Morgan fingerprint density at radius 2 is 1.79 bits per heavy atom. The molecule has 0 spiro atoms. The first-order chi connectivity index (χ1) is 9.01. The molecule has 0 aliphatic heterocycles. The molecule has 1 heterocycles. The second-order valence-corrected chi connectivity index (χ2v) is 4.64. The molecule has 8 heteroatoms. The molecule has 1 aromatic heterocycles. The van der Waals surface area contributed by atoms with Crippen LogP contribution in [0.2, 0.25) is 15.1 Å². The summed E-state index contributed by atoms with van der Waals surface area (Å²) in [6, 6.07) is 3.08. The Morgan fingerprint density at radius 1 is 1.11 bits per heavy atom. The summed E-state index contributed by atoms with van der Waals surface area (Å²) < 4.78 is 10.4. The van der Waals surface area contributed by atoms with Gasteiger partial charge in [0.15, 0.2) is 5.75 Å². The van der Waals surface area contributed by atoms with Gasteiger partial charge in [0.1, 0.15) is 5.02 Å². The van der Waals surface area contributed by atoms with Crippen molar-refractivity contribution in [2.24, 2.45) is 0 Å². The van der Waals surface area contributed by atoms with Crippen LogP contribution in [-0.2, 0) is 0 Å². The molecule has 2 aromatic rings. The molecule has 0 aliphatic rings. The number of nitrogens with two attached hydrogens (primary N) is 1. The van der Waals surface area contributed by atoms with E-state index in [0.717, 1.165) is 0 Å². The van der Waals surface area contributed by atoms with E-state index in [1.165, 1.54) is 25.4 Å². The highest BCUT2D eigenvalue weighted by Crippen LogP contribution is 2.36. The normalized spacial score (nSPS) is 10.3. The lowest BCUT2D eigenvalue weighted by atomic mass is 10.3. The van der Waals surface area contributed by atoms with Crippen molar-refractivity contribution in [1.82, 2.24) is 9.97 Å². The van der Waals surface area contributed by atoms with E-state index in [4.69, 9.17) is 50.0 Å². The molecular formula is C11H8Cl3N3O2. The Kier molecular flexibility index (Phi) is 4.19. The largest absolute Gasteiger partial charge is 0.467 e. The van der Waals surface area contributed by atoms with E-state index in [-0.39, 0.29) is 22.7 Å². The van der Waals surface area contributed by atoms with Crippen LogP contribution in [0.3, 0.4) is 0 Å². The lowest BCUT2D eigenvalue weighted by Crippen LogP contribution is -1.98. The van der Waals surface area contributed by atoms with Crippen molar-refractivity contribution in [1.29, 1.82) is 0 Å². The number of methoxy groups -OCH3 is 1. The monoisotopic (exact) mass is 319 g/mol. The van der Waals surface area contributed by atoms with Crippen molar-refractivity contribution in [3.8, 4) is 17.6 Å². The van der Waals surface area contributed by atoms with E-state index in [1.807, 2.05) is 0 Å². The molecule has 0 bridgehead atoms. The smallest absolute Gasteiger partial charge is 0.319 e. The highest BCUT2D eigenvalue weighted by atomic mass is 35.5. The highest BCUT2D eigenvalue weighted by Gasteiger charge is 2.12. The molecule has 2 rings (SSSR count). The van der Waals surface area contributed by atoms with Gasteiger partial charge in [0, 0.05) is 6.07 Å². The predicted octanol–water partition coefficient (Wildman–Crippen LogP) is 3.82. The molecule has 19 heavy (non-hydrogen) atoms. The highest BCUT2D eigenvalue weighted by molar-refractivity contribution is 6.42. The third kappa shape index (κ3) is 3.12. The van der Waals surface area contributed by atoms with Crippen molar-refractivity contribution in [2.75, 3.05) is 12.8 Å². The van der Waals surface area contributed by atoms with Crippen molar-refractivity contribution in [2.45, 2.75) is 0 Å². The molecular weight excluding hydrogens is 312 g/mol. The molecule has 0 atom stereocenters. The van der Waals surface area contributed by atoms with Crippen LogP contribution in [0.5, 0.6) is 17.6 Å². The van der Waals surface area contributed by atoms with E-state index in [0.29, 0.717) is 15.7 Å². The molecule has 0 saturated carbocycles. The first kappa shape index (κ1) is 14.0. The summed E-state index contributed by atoms with van der Waals surface area (Å²) in [4.78, 5) is 7.79. The number of hydrogen-bond acceptors (Lipinski definition) is 5. The fraction of sp³-hybridized carbons (Fsp3) is 0.0909. The first-order valence-corrected chi connectivity index (χ1v) is 6.13. The second kappa shape index (κ2) is 5.69. The third-order valence-electron chi connectivity index (χ3n) is 2.13. The van der Waals surface area contributed by atoms with Gasteiger partial charge in [-0.15, -0.1) is 0 Å². The lowest BCUT2D eigenvalue weighted by molar-refractivity contribution is 0.366. The van der Waals surface area contributed by atoms with Crippen molar-refractivity contribution in [3.05, 3.63) is 33.4 Å². The van der Waals surface area contributed by atoms with Crippen LogP contribution in [0.4, 0.5) is 5.69 Å². The third-order valence-corrected chi connectivity index (χ3v) is 3.11. The van der Waals surface area contributed by atoms with Crippen LogP contribution in [-0.4, -0.2) is 17.1 Å². The zero-order valence-electron chi connectivity index (χ0n) is 9.65. The standard InChI is InChI=1S/C11H8Cl3N3O2/c1-18-11-16-4-7(14)10(17-11)19-9-3-6(13)5(12)2-8(9)15/h2-4H,15H2,1H3. The summed E-state index contributed by atoms with van der Waals surface area (Å²) >= 11 is 17.6. The van der Waals surface area contributed by atoms with Gasteiger partial charge in [0.05, 0.1) is 29.0 Å². The molecule has 5 nitrogen and oxygen atoms in total. The number of benzene rings is 1. The number of rotatable bonds is 3. The van der Waals surface area contributed by atoms with Crippen molar-refractivity contribution in [3.63, 3.8) is 0 Å². The SMILES string of the molecule is COc1ncc(Cl)c(Oc2cc(Cl)c(Cl)cc2N)n1. The predicted molar refractivity (Wildman–Crippen MR) is 74.5 cm³/mol. The average Bonchev–Trinajstić information content (AvgIpc) is 2.38. The van der Waals surface area contributed by atoms with Gasteiger partial charge in [0.25, 0.3) is 0 Å². The van der Waals surface area contributed by atoms with Gasteiger partial charge in [-0.05, 0) is 6.07 Å². The fourth-order valence-electron chi connectivity index (χ4n) is 1.24. The summed E-state index contributed by atoms with van der Waals surface area (Å²) in [5, 5.41) is 0.854.